The summed E-state index contributed by atoms with van der Waals surface area (Å²) in [5, 5.41) is 7.14. The lowest BCUT2D eigenvalue weighted by Gasteiger charge is -2.34. The average Bonchev–Trinajstić information content (AvgIpc) is 2.21. The van der Waals surface area contributed by atoms with E-state index in [4.69, 9.17) is 0 Å². The maximum atomic E-state index is 3.65. The zero-order valence-corrected chi connectivity index (χ0v) is 7.81. The van der Waals surface area contributed by atoms with Gasteiger partial charge in [0.05, 0.1) is 0 Å². The molecule has 2 heterocycles. The topological polar surface area (TPSA) is 24.1 Å². The number of piperidine rings is 2. The van der Waals surface area contributed by atoms with Gasteiger partial charge in [-0.25, -0.2) is 0 Å². The van der Waals surface area contributed by atoms with E-state index >= 15 is 0 Å². The van der Waals surface area contributed by atoms with Crippen LogP contribution in [0.1, 0.15) is 32.1 Å². The van der Waals surface area contributed by atoms with Gasteiger partial charge < -0.3 is 10.6 Å². The highest BCUT2D eigenvalue weighted by atomic mass is 15.0. The molecular formula is C10H20N2. The fraction of sp³-hybridized carbons (Fsp3) is 1.00. The van der Waals surface area contributed by atoms with Gasteiger partial charge in [0.2, 0.25) is 0 Å². The average molecular weight is 168 g/mol. The molecule has 70 valence electrons. The van der Waals surface area contributed by atoms with Gasteiger partial charge in [-0.2, -0.15) is 0 Å². The van der Waals surface area contributed by atoms with Gasteiger partial charge >= 0.3 is 0 Å². The number of rotatable bonds is 1. The molecule has 0 saturated carbocycles. The fourth-order valence-electron chi connectivity index (χ4n) is 2.50. The van der Waals surface area contributed by atoms with E-state index in [1.807, 2.05) is 0 Å². The van der Waals surface area contributed by atoms with Crippen molar-refractivity contribution in [2.45, 2.75) is 38.1 Å². The van der Waals surface area contributed by atoms with Crippen molar-refractivity contribution in [2.24, 2.45) is 5.92 Å². The Labute approximate surface area is 75.1 Å². The van der Waals surface area contributed by atoms with Crippen LogP contribution in [0.25, 0.3) is 0 Å². The maximum Gasteiger partial charge on any atom is 0.0107 e. The molecule has 0 amide bonds. The molecule has 0 aromatic rings. The molecule has 2 aliphatic rings. The van der Waals surface area contributed by atoms with Crippen molar-refractivity contribution in [3.05, 3.63) is 0 Å². The summed E-state index contributed by atoms with van der Waals surface area (Å²) < 4.78 is 0. The van der Waals surface area contributed by atoms with Crippen molar-refractivity contribution < 1.29 is 0 Å². The smallest absolute Gasteiger partial charge is 0.0107 e. The second kappa shape index (κ2) is 4.24. The number of hydrogen-bond donors (Lipinski definition) is 2. The van der Waals surface area contributed by atoms with Crippen LogP contribution in [0.15, 0.2) is 0 Å². The Hall–Kier alpha value is -0.0800. The summed E-state index contributed by atoms with van der Waals surface area (Å²) in [6.45, 7) is 3.74. The van der Waals surface area contributed by atoms with E-state index in [2.05, 4.69) is 10.6 Å². The van der Waals surface area contributed by atoms with Crippen molar-refractivity contribution in [2.75, 3.05) is 19.6 Å². The third kappa shape index (κ3) is 1.99. The predicted octanol–water partition coefficient (Wildman–Crippen LogP) is 1.13. The van der Waals surface area contributed by atoms with Crippen molar-refractivity contribution in [1.29, 1.82) is 0 Å². The van der Waals surface area contributed by atoms with Gasteiger partial charge in [0, 0.05) is 6.04 Å². The first-order valence-corrected chi connectivity index (χ1v) is 5.41. The molecule has 0 spiro atoms. The highest BCUT2D eigenvalue weighted by Crippen LogP contribution is 2.20. The lowest BCUT2D eigenvalue weighted by Crippen LogP contribution is -2.46. The molecule has 0 aromatic heterocycles. The molecule has 2 heteroatoms. The van der Waals surface area contributed by atoms with E-state index < -0.39 is 0 Å². The van der Waals surface area contributed by atoms with Crippen LogP contribution in [0.5, 0.6) is 0 Å². The van der Waals surface area contributed by atoms with Crippen molar-refractivity contribution in [3.63, 3.8) is 0 Å². The van der Waals surface area contributed by atoms with Crippen molar-refractivity contribution in [3.8, 4) is 0 Å². The lowest BCUT2D eigenvalue weighted by molar-refractivity contribution is 0.247. The Morgan fingerprint density at radius 2 is 1.92 bits per heavy atom. The summed E-state index contributed by atoms with van der Waals surface area (Å²) in [5.74, 6) is 0.916. The Kier molecular flexibility index (Phi) is 3.01. The van der Waals surface area contributed by atoms with Gasteiger partial charge in [0.1, 0.15) is 0 Å². The van der Waals surface area contributed by atoms with Gasteiger partial charge in [-0.05, 0) is 51.2 Å². The minimum atomic E-state index is 0.826. The molecule has 2 nitrogen and oxygen atoms in total. The van der Waals surface area contributed by atoms with Gasteiger partial charge in [-0.3, -0.25) is 0 Å². The molecule has 2 fully saturated rings. The molecule has 2 atom stereocenters. The predicted molar refractivity (Wildman–Crippen MR) is 51.2 cm³/mol. The van der Waals surface area contributed by atoms with E-state index in [9.17, 15) is 0 Å². The van der Waals surface area contributed by atoms with E-state index in [0.29, 0.717) is 0 Å². The summed E-state index contributed by atoms with van der Waals surface area (Å²) in [4.78, 5) is 0. The fourth-order valence-corrected chi connectivity index (χ4v) is 2.50. The van der Waals surface area contributed by atoms with E-state index in [0.717, 1.165) is 12.0 Å². The van der Waals surface area contributed by atoms with Gasteiger partial charge in [-0.15, -0.1) is 0 Å². The summed E-state index contributed by atoms with van der Waals surface area (Å²) >= 11 is 0. The molecule has 2 N–H and O–H groups in total. The Morgan fingerprint density at radius 3 is 2.58 bits per heavy atom. The minimum absolute atomic E-state index is 0.826. The quantitative estimate of drug-likeness (QED) is 0.613. The molecule has 0 aliphatic carbocycles. The molecule has 2 aliphatic heterocycles. The molecule has 2 saturated heterocycles. The second-order valence-corrected chi connectivity index (χ2v) is 4.16. The first-order chi connectivity index (χ1) is 5.97. The molecular weight excluding hydrogens is 148 g/mol. The van der Waals surface area contributed by atoms with Crippen LogP contribution in [0, 0.1) is 5.92 Å². The summed E-state index contributed by atoms with van der Waals surface area (Å²) in [5.41, 5.74) is 0. The van der Waals surface area contributed by atoms with Crippen LogP contribution in [0.3, 0.4) is 0 Å². The monoisotopic (exact) mass is 168 g/mol. The molecule has 0 unspecified atom stereocenters. The largest absolute Gasteiger partial charge is 0.316 e. The summed E-state index contributed by atoms with van der Waals surface area (Å²) in [6.07, 6.45) is 7.05. The maximum absolute atomic E-state index is 3.65. The Bertz CT molecular complexity index is 108. The van der Waals surface area contributed by atoms with Crippen LogP contribution < -0.4 is 10.6 Å². The van der Waals surface area contributed by atoms with Crippen molar-refractivity contribution in [1.82, 2.24) is 10.6 Å². The lowest BCUT2D eigenvalue weighted by atomic mass is 9.87. The van der Waals surface area contributed by atoms with Gasteiger partial charge in [-0.1, -0.05) is 6.42 Å². The standard InChI is InChI=1S/C10H20N2/c1-2-7-12-10(5-1)9-4-3-6-11-8-9/h9-12H,1-8H2/t9-,10+/m0/s1. The van der Waals surface area contributed by atoms with Crippen LogP contribution in [0.2, 0.25) is 0 Å². The third-order valence-corrected chi connectivity index (χ3v) is 3.25. The molecule has 0 radical (unpaired) electrons. The van der Waals surface area contributed by atoms with Crippen LogP contribution >= 0.6 is 0 Å². The zero-order chi connectivity index (χ0) is 8.23. The Balaban J connectivity index is 1.80. The van der Waals surface area contributed by atoms with E-state index in [-0.39, 0.29) is 0 Å². The molecule has 12 heavy (non-hydrogen) atoms. The normalized spacial score (nSPS) is 38.0. The first-order valence-electron chi connectivity index (χ1n) is 5.41. The first kappa shape index (κ1) is 8.52. The SMILES string of the molecule is C1CC[C@H]([C@H]2CCCNC2)NC1. The number of hydrogen-bond acceptors (Lipinski definition) is 2. The minimum Gasteiger partial charge on any atom is -0.316 e. The summed E-state index contributed by atoms with van der Waals surface area (Å²) in [6, 6.07) is 0.826. The highest BCUT2D eigenvalue weighted by Gasteiger charge is 2.24. The van der Waals surface area contributed by atoms with Crippen LogP contribution in [0.4, 0.5) is 0 Å². The zero-order valence-electron chi connectivity index (χ0n) is 7.81. The van der Waals surface area contributed by atoms with Crippen LogP contribution in [-0.4, -0.2) is 25.7 Å². The van der Waals surface area contributed by atoms with Gasteiger partial charge in [0.15, 0.2) is 0 Å². The highest BCUT2D eigenvalue weighted by molar-refractivity contribution is 4.83. The Morgan fingerprint density at radius 1 is 0.917 bits per heavy atom. The molecule has 0 bridgehead atoms. The summed E-state index contributed by atoms with van der Waals surface area (Å²) in [7, 11) is 0. The molecule has 2 rings (SSSR count). The molecule has 0 aromatic carbocycles. The van der Waals surface area contributed by atoms with Crippen molar-refractivity contribution >= 4 is 0 Å². The van der Waals surface area contributed by atoms with Crippen LogP contribution in [-0.2, 0) is 0 Å². The van der Waals surface area contributed by atoms with Gasteiger partial charge in [0.25, 0.3) is 0 Å². The second-order valence-electron chi connectivity index (χ2n) is 4.16. The third-order valence-electron chi connectivity index (χ3n) is 3.25. The van der Waals surface area contributed by atoms with E-state index in [1.165, 1.54) is 51.7 Å². The van der Waals surface area contributed by atoms with E-state index in [1.54, 1.807) is 0 Å². The number of nitrogens with one attached hydrogen (secondary N) is 2.